The number of rotatable bonds is 4. The van der Waals surface area contributed by atoms with Crippen molar-refractivity contribution in [3.63, 3.8) is 0 Å². The van der Waals surface area contributed by atoms with Gasteiger partial charge in [0.05, 0.1) is 12.6 Å². The van der Waals surface area contributed by atoms with Gasteiger partial charge in [0.2, 0.25) is 0 Å². The number of halogens is 1. The average Bonchev–Trinajstić information content (AvgIpc) is 3.05. The zero-order chi connectivity index (χ0) is 18.1. The Bertz CT molecular complexity index is 953. The van der Waals surface area contributed by atoms with Gasteiger partial charge in [-0.3, -0.25) is 4.79 Å². The van der Waals surface area contributed by atoms with Crippen LogP contribution in [0.4, 0.5) is 5.69 Å². The van der Waals surface area contributed by atoms with Gasteiger partial charge in [0.1, 0.15) is 5.69 Å². The number of hydrogen-bond acceptors (Lipinski definition) is 3. The van der Waals surface area contributed by atoms with E-state index < -0.39 is 0 Å². The molecule has 0 saturated carbocycles. The number of amides is 1. The Hall–Kier alpha value is -2.50. The Morgan fingerprint density at radius 1 is 1.27 bits per heavy atom. The summed E-state index contributed by atoms with van der Waals surface area (Å²) in [4.78, 5) is 18.0. The molecule has 3 aromatic rings. The highest BCUT2D eigenvalue weighted by molar-refractivity contribution is 6.31. The first-order valence-corrected chi connectivity index (χ1v) is 9.04. The summed E-state index contributed by atoms with van der Waals surface area (Å²) >= 11 is 6.02. The highest BCUT2D eigenvalue weighted by Crippen LogP contribution is 2.27. The van der Waals surface area contributed by atoms with Gasteiger partial charge in [-0.15, -0.1) is 0 Å². The number of para-hydroxylation sites is 1. The zero-order valence-electron chi connectivity index (χ0n) is 14.2. The molecule has 4 rings (SSSR count). The van der Waals surface area contributed by atoms with E-state index in [1.54, 1.807) is 6.07 Å². The fraction of sp³-hybridized carbons (Fsp3) is 0.250. The molecule has 1 aliphatic rings. The molecule has 1 atom stereocenters. The van der Waals surface area contributed by atoms with Crippen LogP contribution in [0, 0.1) is 0 Å². The molecule has 3 N–H and O–H groups in total. The van der Waals surface area contributed by atoms with Crippen LogP contribution < -0.4 is 10.2 Å². The van der Waals surface area contributed by atoms with Crippen molar-refractivity contribution in [2.75, 3.05) is 24.6 Å². The van der Waals surface area contributed by atoms with Gasteiger partial charge in [-0.1, -0.05) is 29.8 Å². The molecule has 2 aromatic carbocycles. The minimum Gasteiger partial charge on any atom is -0.395 e. The third-order valence-electron chi connectivity index (χ3n) is 4.77. The lowest BCUT2D eigenvalue weighted by molar-refractivity contribution is 0.0932. The standard InChI is InChI=1S/C20H20ClN3O2/c21-15-5-6-17-14(9-15)11-18(23-17)20(26)22-16-10-13-3-1-2-4-19(13)24(12-16)7-8-25/h1-6,9,11,16,23,25H,7-8,10,12H2,(H,22,26)/t16-/m0/s1. The van der Waals surface area contributed by atoms with Crippen molar-refractivity contribution >= 4 is 34.1 Å². The quantitative estimate of drug-likeness (QED) is 0.662. The second-order valence-electron chi connectivity index (χ2n) is 6.59. The number of benzene rings is 2. The van der Waals surface area contributed by atoms with Gasteiger partial charge in [-0.2, -0.15) is 0 Å². The maximum atomic E-state index is 12.7. The first kappa shape index (κ1) is 16.9. The van der Waals surface area contributed by atoms with E-state index in [-0.39, 0.29) is 18.6 Å². The number of fused-ring (bicyclic) bond motifs is 2. The Morgan fingerprint density at radius 3 is 2.96 bits per heavy atom. The third kappa shape index (κ3) is 3.28. The fourth-order valence-corrected chi connectivity index (χ4v) is 3.78. The molecule has 2 heterocycles. The first-order valence-electron chi connectivity index (χ1n) is 8.67. The lowest BCUT2D eigenvalue weighted by atomic mass is 9.97. The monoisotopic (exact) mass is 369 g/mol. The second kappa shape index (κ2) is 7.02. The molecule has 1 aliphatic heterocycles. The number of anilines is 1. The number of aromatic amines is 1. The maximum Gasteiger partial charge on any atom is 0.268 e. The molecule has 134 valence electrons. The maximum absolute atomic E-state index is 12.7. The van der Waals surface area contributed by atoms with Crippen LogP contribution in [0.3, 0.4) is 0 Å². The van der Waals surface area contributed by atoms with Crippen LogP contribution in [0.5, 0.6) is 0 Å². The largest absolute Gasteiger partial charge is 0.395 e. The number of carbonyl (C=O) groups is 1. The summed E-state index contributed by atoms with van der Waals surface area (Å²) in [7, 11) is 0. The van der Waals surface area contributed by atoms with E-state index >= 15 is 0 Å². The Kier molecular flexibility index (Phi) is 4.57. The molecule has 0 bridgehead atoms. The molecular formula is C20H20ClN3O2. The van der Waals surface area contributed by atoms with Gasteiger partial charge in [0.25, 0.3) is 5.91 Å². The van der Waals surface area contributed by atoms with Gasteiger partial charge in [0, 0.05) is 34.7 Å². The average molecular weight is 370 g/mol. The van der Waals surface area contributed by atoms with E-state index in [9.17, 15) is 9.90 Å². The van der Waals surface area contributed by atoms with Crippen LogP contribution in [0.15, 0.2) is 48.5 Å². The number of β-amino-alcohol motifs (C(OH)–C–C–N with tert-alkyl or cyclic N) is 1. The predicted molar refractivity (Wildman–Crippen MR) is 104 cm³/mol. The fourth-order valence-electron chi connectivity index (χ4n) is 3.60. The van der Waals surface area contributed by atoms with E-state index in [0.29, 0.717) is 23.8 Å². The molecule has 1 amide bonds. The Morgan fingerprint density at radius 2 is 2.12 bits per heavy atom. The van der Waals surface area contributed by atoms with E-state index in [1.807, 2.05) is 30.3 Å². The first-order chi connectivity index (χ1) is 12.6. The summed E-state index contributed by atoms with van der Waals surface area (Å²) in [5, 5.41) is 14.0. The minimum absolute atomic E-state index is 0.0149. The van der Waals surface area contributed by atoms with Crippen molar-refractivity contribution in [3.05, 3.63) is 64.8 Å². The van der Waals surface area contributed by atoms with Crippen LogP contribution in [-0.2, 0) is 6.42 Å². The summed E-state index contributed by atoms with van der Waals surface area (Å²) < 4.78 is 0. The summed E-state index contributed by atoms with van der Waals surface area (Å²) in [5.74, 6) is -0.134. The van der Waals surface area contributed by atoms with E-state index in [4.69, 9.17) is 11.6 Å². The SMILES string of the molecule is O=C(N[C@H]1Cc2ccccc2N(CCO)C1)c1cc2cc(Cl)ccc2[nH]1. The van der Waals surface area contributed by atoms with Crippen LogP contribution in [-0.4, -0.2) is 41.7 Å². The summed E-state index contributed by atoms with van der Waals surface area (Å²) in [5.41, 5.74) is 3.72. The molecule has 0 spiro atoms. The number of H-pyrrole nitrogens is 1. The number of aromatic nitrogens is 1. The number of aliphatic hydroxyl groups is 1. The molecule has 0 unspecified atom stereocenters. The molecule has 1 aromatic heterocycles. The van der Waals surface area contributed by atoms with Gasteiger partial charge in [0.15, 0.2) is 0 Å². The topological polar surface area (TPSA) is 68.4 Å². The third-order valence-corrected chi connectivity index (χ3v) is 5.01. The highest BCUT2D eigenvalue weighted by Gasteiger charge is 2.25. The van der Waals surface area contributed by atoms with Crippen molar-refractivity contribution in [1.29, 1.82) is 0 Å². The lowest BCUT2D eigenvalue weighted by Crippen LogP contribution is -2.49. The molecule has 0 saturated heterocycles. The normalized spacial score (nSPS) is 16.5. The molecule has 0 aliphatic carbocycles. The Balaban J connectivity index is 1.53. The van der Waals surface area contributed by atoms with E-state index in [2.05, 4.69) is 27.3 Å². The predicted octanol–water partition coefficient (Wildman–Crippen LogP) is 2.97. The van der Waals surface area contributed by atoms with Gasteiger partial charge in [-0.05, 0) is 42.3 Å². The molecule has 0 radical (unpaired) electrons. The minimum atomic E-state index is -0.134. The van der Waals surface area contributed by atoms with Gasteiger partial charge < -0.3 is 20.3 Å². The summed E-state index contributed by atoms with van der Waals surface area (Å²) in [6.45, 7) is 1.31. The van der Waals surface area contributed by atoms with Crippen molar-refractivity contribution in [1.82, 2.24) is 10.3 Å². The van der Waals surface area contributed by atoms with Crippen LogP contribution in [0.25, 0.3) is 10.9 Å². The summed E-state index contributed by atoms with van der Waals surface area (Å²) in [6, 6.07) is 15.4. The van der Waals surface area contributed by atoms with E-state index in [0.717, 1.165) is 23.0 Å². The summed E-state index contributed by atoms with van der Waals surface area (Å²) in [6.07, 6.45) is 0.774. The van der Waals surface area contributed by atoms with Crippen LogP contribution in [0.1, 0.15) is 16.1 Å². The van der Waals surface area contributed by atoms with Gasteiger partial charge in [-0.25, -0.2) is 0 Å². The second-order valence-corrected chi connectivity index (χ2v) is 7.02. The van der Waals surface area contributed by atoms with Crippen molar-refractivity contribution in [3.8, 4) is 0 Å². The molecule has 6 heteroatoms. The smallest absolute Gasteiger partial charge is 0.268 e. The Labute approximate surface area is 156 Å². The number of aliphatic hydroxyl groups excluding tert-OH is 1. The lowest BCUT2D eigenvalue weighted by Gasteiger charge is -2.36. The van der Waals surface area contributed by atoms with Gasteiger partial charge >= 0.3 is 0 Å². The van der Waals surface area contributed by atoms with Crippen molar-refractivity contribution in [2.24, 2.45) is 0 Å². The number of hydrogen-bond donors (Lipinski definition) is 3. The molecule has 5 nitrogen and oxygen atoms in total. The van der Waals surface area contributed by atoms with Crippen LogP contribution in [0.2, 0.25) is 5.02 Å². The highest BCUT2D eigenvalue weighted by atomic mass is 35.5. The number of nitrogens with one attached hydrogen (secondary N) is 2. The molecule has 26 heavy (non-hydrogen) atoms. The van der Waals surface area contributed by atoms with Crippen molar-refractivity contribution < 1.29 is 9.90 Å². The van der Waals surface area contributed by atoms with Crippen LogP contribution >= 0.6 is 11.6 Å². The van der Waals surface area contributed by atoms with Crippen molar-refractivity contribution in [2.45, 2.75) is 12.5 Å². The number of nitrogens with zero attached hydrogens (tertiary/aromatic N) is 1. The zero-order valence-corrected chi connectivity index (χ0v) is 15.0. The molecule has 0 fully saturated rings. The number of carbonyl (C=O) groups excluding carboxylic acids is 1. The van der Waals surface area contributed by atoms with E-state index in [1.165, 1.54) is 5.56 Å². The molecular weight excluding hydrogens is 350 g/mol.